The third-order valence-corrected chi connectivity index (χ3v) is 4.40. The summed E-state index contributed by atoms with van der Waals surface area (Å²) >= 11 is 13.5. The first kappa shape index (κ1) is 11.8. The largest absolute Gasteiger partial charge is 0.399 e. The van der Waals surface area contributed by atoms with Crippen LogP contribution in [0.3, 0.4) is 0 Å². The number of aromatic nitrogens is 1. The molecule has 2 N–H and O–H groups in total. The highest BCUT2D eigenvalue weighted by Gasteiger charge is 2.08. The van der Waals surface area contributed by atoms with Crippen molar-refractivity contribution in [1.82, 2.24) is 4.98 Å². The summed E-state index contributed by atoms with van der Waals surface area (Å²) in [5.41, 5.74) is 8.32. The molecule has 3 aromatic rings. The molecule has 0 bridgehead atoms. The number of rotatable bonds is 1. The number of nitrogens with zero attached hydrogens (tertiary/aromatic N) is 1. The zero-order valence-electron chi connectivity index (χ0n) is 9.15. The van der Waals surface area contributed by atoms with Crippen LogP contribution in [0.5, 0.6) is 0 Å². The van der Waals surface area contributed by atoms with Crippen molar-refractivity contribution in [3.63, 3.8) is 0 Å². The fourth-order valence-corrected chi connectivity index (χ4v) is 2.94. The Morgan fingerprint density at radius 3 is 2.61 bits per heavy atom. The van der Waals surface area contributed by atoms with Crippen LogP contribution in [0.1, 0.15) is 0 Å². The van der Waals surface area contributed by atoms with Crippen LogP contribution in [0.25, 0.3) is 20.8 Å². The molecular formula is C13H8Cl2N2S. The van der Waals surface area contributed by atoms with Crippen LogP contribution in [0.15, 0.2) is 36.4 Å². The van der Waals surface area contributed by atoms with E-state index >= 15 is 0 Å². The highest BCUT2D eigenvalue weighted by molar-refractivity contribution is 7.21. The third kappa shape index (κ3) is 2.05. The van der Waals surface area contributed by atoms with E-state index in [1.54, 1.807) is 17.4 Å². The van der Waals surface area contributed by atoms with Crippen molar-refractivity contribution in [3.05, 3.63) is 46.4 Å². The van der Waals surface area contributed by atoms with Gasteiger partial charge in [-0.15, -0.1) is 11.3 Å². The highest BCUT2D eigenvalue weighted by Crippen LogP contribution is 2.34. The third-order valence-electron chi connectivity index (χ3n) is 2.58. The summed E-state index contributed by atoms with van der Waals surface area (Å²) in [5, 5.41) is 1.99. The summed E-state index contributed by atoms with van der Waals surface area (Å²) in [4.78, 5) is 4.55. The number of nitrogen functional groups attached to an aromatic ring is 1. The van der Waals surface area contributed by atoms with Crippen molar-refractivity contribution in [1.29, 1.82) is 0 Å². The van der Waals surface area contributed by atoms with E-state index in [0.29, 0.717) is 15.7 Å². The molecule has 0 aliphatic carbocycles. The lowest BCUT2D eigenvalue weighted by Crippen LogP contribution is -1.82. The Morgan fingerprint density at radius 1 is 1.00 bits per heavy atom. The lowest BCUT2D eigenvalue weighted by Gasteiger charge is -1.98. The molecule has 1 aromatic heterocycles. The second kappa shape index (κ2) is 4.43. The molecule has 2 aromatic carbocycles. The van der Waals surface area contributed by atoms with Gasteiger partial charge >= 0.3 is 0 Å². The van der Waals surface area contributed by atoms with Crippen LogP contribution in [-0.2, 0) is 0 Å². The standard InChI is InChI=1S/C13H8Cl2N2S/c14-9-3-1-7(5-10(9)15)13-17-11-6-8(16)2-4-12(11)18-13/h1-6H,16H2. The molecule has 5 heteroatoms. The lowest BCUT2D eigenvalue weighted by molar-refractivity contribution is 1.48. The monoisotopic (exact) mass is 294 g/mol. The number of nitrogens with two attached hydrogens (primary N) is 1. The summed E-state index contributed by atoms with van der Waals surface area (Å²) in [6.07, 6.45) is 0. The Labute approximate surface area is 118 Å². The molecule has 0 aliphatic heterocycles. The van der Waals surface area contributed by atoms with Gasteiger partial charge in [0.15, 0.2) is 0 Å². The number of halogens is 2. The first-order chi connectivity index (χ1) is 8.63. The van der Waals surface area contributed by atoms with E-state index in [4.69, 9.17) is 28.9 Å². The first-order valence-corrected chi connectivity index (χ1v) is 6.82. The number of fused-ring (bicyclic) bond motifs is 1. The van der Waals surface area contributed by atoms with E-state index in [-0.39, 0.29) is 0 Å². The Morgan fingerprint density at radius 2 is 1.83 bits per heavy atom. The minimum absolute atomic E-state index is 0.535. The van der Waals surface area contributed by atoms with Gasteiger partial charge in [-0.1, -0.05) is 29.3 Å². The molecule has 0 saturated heterocycles. The molecule has 0 amide bonds. The van der Waals surface area contributed by atoms with Crippen molar-refractivity contribution in [2.75, 3.05) is 5.73 Å². The molecule has 18 heavy (non-hydrogen) atoms. The Balaban J connectivity index is 2.16. The van der Waals surface area contributed by atoms with Gasteiger partial charge in [-0.2, -0.15) is 0 Å². The molecule has 0 spiro atoms. The second-order valence-corrected chi connectivity index (χ2v) is 5.72. The normalized spacial score (nSPS) is 11.0. The number of anilines is 1. The van der Waals surface area contributed by atoms with Gasteiger partial charge in [0, 0.05) is 11.3 Å². The summed E-state index contributed by atoms with van der Waals surface area (Å²) < 4.78 is 1.10. The Hall–Kier alpha value is -1.29. The van der Waals surface area contributed by atoms with E-state index < -0.39 is 0 Å². The summed E-state index contributed by atoms with van der Waals surface area (Å²) in [5.74, 6) is 0. The van der Waals surface area contributed by atoms with Crippen LogP contribution in [-0.4, -0.2) is 4.98 Å². The maximum Gasteiger partial charge on any atom is 0.124 e. The predicted octanol–water partition coefficient (Wildman–Crippen LogP) is 4.85. The van der Waals surface area contributed by atoms with Crippen LogP contribution in [0, 0.1) is 0 Å². The molecule has 0 aliphatic rings. The highest BCUT2D eigenvalue weighted by atomic mass is 35.5. The summed E-state index contributed by atoms with van der Waals surface area (Å²) in [6.45, 7) is 0. The van der Waals surface area contributed by atoms with Gasteiger partial charge in [-0.3, -0.25) is 0 Å². The molecule has 2 nitrogen and oxygen atoms in total. The van der Waals surface area contributed by atoms with E-state index in [2.05, 4.69) is 4.98 Å². The maximum atomic E-state index is 6.01. The van der Waals surface area contributed by atoms with Crippen LogP contribution in [0.4, 0.5) is 5.69 Å². The molecule has 0 fully saturated rings. The number of hydrogen-bond acceptors (Lipinski definition) is 3. The summed E-state index contributed by atoms with van der Waals surface area (Å²) in [6, 6.07) is 11.2. The zero-order chi connectivity index (χ0) is 12.7. The SMILES string of the molecule is Nc1ccc2sc(-c3ccc(Cl)c(Cl)c3)nc2c1. The number of hydrogen-bond donors (Lipinski definition) is 1. The van der Waals surface area contributed by atoms with Crippen LogP contribution >= 0.6 is 34.5 Å². The minimum Gasteiger partial charge on any atom is -0.399 e. The molecule has 0 atom stereocenters. The topological polar surface area (TPSA) is 38.9 Å². The van der Waals surface area contributed by atoms with Crippen molar-refractivity contribution in [3.8, 4) is 10.6 Å². The van der Waals surface area contributed by atoms with Crippen molar-refractivity contribution in [2.24, 2.45) is 0 Å². The molecule has 0 unspecified atom stereocenters. The quantitative estimate of drug-likeness (QED) is 0.652. The van der Waals surface area contributed by atoms with Gasteiger partial charge in [0.25, 0.3) is 0 Å². The Kier molecular flexibility index (Phi) is 2.90. The fraction of sp³-hybridized carbons (Fsp3) is 0. The average Bonchev–Trinajstić information content (AvgIpc) is 2.75. The van der Waals surface area contributed by atoms with E-state index in [9.17, 15) is 0 Å². The van der Waals surface area contributed by atoms with E-state index in [1.807, 2.05) is 30.3 Å². The van der Waals surface area contributed by atoms with Gasteiger partial charge in [0.2, 0.25) is 0 Å². The molecular weight excluding hydrogens is 287 g/mol. The van der Waals surface area contributed by atoms with Crippen molar-refractivity contribution < 1.29 is 0 Å². The van der Waals surface area contributed by atoms with Gasteiger partial charge in [0.1, 0.15) is 5.01 Å². The van der Waals surface area contributed by atoms with Crippen molar-refractivity contribution >= 4 is 50.4 Å². The first-order valence-electron chi connectivity index (χ1n) is 5.25. The smallest absolute Gasteiger partial charge is 0.124 e. The lowest BCUT2D eigenvalue weighted by atomic mass is 10.2. The molecule has 90 valence electrons. The maximum absolute atomic E-state index is 6.01. The molecule has 3 rings (SSSR count). The predicted molar refractivity (Wildman–Crippen MR) is 79.5 cm³/mol. The second-order valence-electron chi connectivity index (χ2n) is 3.88. The van der Waals surface area contributed by atoms with E-state index in [1.165, 1.54) is 0 Å². The minimum atomic E-state index is 0.535. The van der Waals surface area contributed by atoms with Gasteiger partial charge in [-0.25, -0.2) is 4.98 Å². The van der Waals surface area contributed by atoms with Crippen LogP contribution < -0.4 is 5.73 Å². The molecule has 0 radical (unpaired) electrons. The van der Waals surface area contributed by atoms with Gasteiger partial charge in [-0.05, 0) is 30.3 Å². The number of benzene rings is 2. The summed E-state index contributed by atoms with van der Waals surface area (Å²) in [7, 11) is 0. The average molecular weight is 295 g/mol. The Bertz CT molecular complexity index is 737. The fourth-order valence-electron chi connectivity index (χ4n) is 1.70. The number of thiazole rings is 1. The van der Waals surface area contributed by atoms with E-state index in [0.717, 1.165) is 20.8 Å². The van der Waals surface area contributed by atoms with Crippen molar-refractivity contribution in [2.45, 2.75) is 0 Å². The molecule has 1 heterocycles. The van der Waals surface area contributed by atoms with Crippen LogP contribution in [0.2, 0.25) is 10.0 Å². The molecule has 0 saturated carbocycles. The van der Waals surface area contributed by atoms with Gasteiger partial charge < -0.3 is 5.73 Å². The van der Waals surface area contributed by atoms with Gasteiger partial charge in [0.05, 0.1) is 20.3 Å². The zero-order valence-corrected chi connectivity index (χ0v) is 11.5.